The second-order valence-electron chi connectivity index (χ2n) is 37.5. The fourth-order valence-electron chi connectivity index (χ4n) is 13.4. The Labute approximate surface area is 565 Å². The highest BCUT2D eigenvalue weighted by molar-refractivity contribution is 6.12. The third kappa shape index (κ3) is 14.2. The van der Waals surface area contributed by atoms with Gasteiger partial charge in [0.2, 0.25) is 0 Å². The van der Waals surface area contributed by atoms with Gasteiger partial charge in [0.05, 0.1) is 89.7 Å². The van der Waals surface area contributed by atoms with Crippen molar-refractivity contribution < 1.29 is 0 Å². The molecule has 7 aromatic heterocycles. The highest BCUT2D eigenvalue weighted by Gasteiger charge is 2.31. The predicted molar refractivity (Wildman–Crippen MR) is 394 cm³/mol. The number of nitrogens with zero attached hydrogens (tertiary/aromatic N) is 14. The molecule has 16 heteroatoms. The molecule has 16 nitrogen and oxygen atoms in total. The summed E-state index contributed by atoms with van der Waals surface area (Å²) in [6, 6.07) is 16.9. The van der Waals surface area contributed by atoms with Crippen LogP contribution in [0.1, 0.15) is 212 Å². The smallest absolute Gasteiger partial charge is 0.164 e. The van der Waals surface area contributed by atoms with Crippen LogP contribution in [0.15, 0.2) is 48.5 Å². The second kappa shape index (κ2) is 22.6. The Morgan fingerprint density at radius 3 is 0.490 bits per heavy atom. The molecule has 0 aliphatic carbocycles. The van der Waals surface area contributed by atoms with Crippen LogP contribution < -0.4 is 0 Å². The maximum absolute atomic E-state index is 5.62. The molecule has 4 aromatic carbocycles. The molecule has 0 radical (unpaired) electrons. The molecule has 13 rings (SSSR count). The molecule has 11 aromatic rings. The summed E-state index contributed by atoms with van der Waals surface area (Å²) in [4.78, 5) is 85.0. The number of hydrogen-bond donors (Lipinski definition) is 2. The summed E-state index contributed by atoms with van der Waals surface area (Å²) < 4.78 is 0. The highest BCUT2D eigenvalue weighted by atomic mass is 15.1. The number of hydrogen-bond acceptors (Lipinski definition) is 14. The van der Waals surface area contributed by atoms with Gasteiger partial charge in [0.15, 0.2) is 23.3 Å². The number of H-pyrrole nitrogens is 2. The van der Waals surface area contributed by atoms with Gasteiger partial charge < -0.3 is 9.97 Å². The third-order valence-electron chi connectivity index (χ3n) is 17.2. The first-order valence-corrected chi connectivity index (χ1v) is 34.5. The Balaban J connectivity index is 1.18. The first-order chi connectivity index (χ1) is 44.4. The Hall–Kier alpha value is -8.40. The predicted octanol–water partition coefficient (Wildman–Crippen LogP) is 19.4. The largest absolute Gasteiger partial charge is 0.324 e. The summed E-state index contributed by atoms with van der Waals surface area (Å²) in [5.41, 5.74) is 19.1. The molecule has 498 valence electrons. The van der Waals surface area contributed by atoms with E-state index < -0.39 is 0 Å². The molecule has 0 spiro atoms. The summed E-state index contributed by atoms with van der Waals surface area (Å²) >= 11 is 0. The van der Waals surface area contributed by atoms with Gasteiger partial charge in [-0.15, -0.1) is 0 Å². The van der Waals surface area contributed by atoms with Crippen molar-refractivity contribution in [2.45, 2.75) is 218 Å². The summed E-state index contributed by atoms with van der Waals surface area (Å²) in [6.07, 6.45) is 6.12. The van der Waals surface area contributed by atoms with Gasteiger partial charge in [0.25, 0.3) is 0 Å². The van der Waals surface area contributed by atoms with Gasteiger partial charge in [0.1, 0.15) is 22.6 Å². The van der Waals surface area contributed by atoms with Gasteiger partial charge in [-0.2, -0.15) is 0 Å². The number of nitrogens with one attached hydrogen (secondary N) is 2. The molecule has 8 bridgehead atoms. The minimum absolute atomic E-state index is 0.0354. The Bertz CT molecular complexity index is 4570. The van der Waals surface area contributed by atoms with Crippen molar-refractivity contribution >= 4 is 88.3 Å². The topological polar surface area (TPSA) is 212 Å². The Morgan fingerprint density at radius 2 is 0.344 bits per heavy atom. The first-order valence-electron chi connectivity index (χ1n) is 34.5. The maximum Gasteiger partial charge on any atom is 0.164 e. The molecule has 0 fully saturated rings. The summed E-state index contributed by atoms with van der Waals surface area (Å²) in [7, 11) is 0. The molecule has 0 unspecified atom stereocenters. The summed E-state index contributed by atoms with van der Waals surface area (Å²) in [6.45, 7) is 54.2. The lowest BCUT2D eigenvalue weighted by Gasteiger charge is -2.23. The highest BCUT2D eigenvalue weighted by Crippen LogP contribution is 2.43. The van der Waals surface area contributed by atoms with Crippen LogP contribution >= 0.6 is 0 Å². The SMILES string of the molecule is CC(C)(C)Cc1nc2cc3c(cc2nc1CC(C)(C)C)-c1nc-3nc2[nH]c(nc3nc(nc4[nH]c(n1)c1cc5nc(CC(C)(C)C)c(CC(C)(C)C)nc5cc41)-c1cc4nc(CC(C)(C)C)c(CC(C)(C)C)nc4cc1-3)c1cc3nc(CC(C)(C)C)c(CC(C)(C)C)nc3cc21. The first kappa shape index (κ1) is 66.2. The van der Waals surface area contributed by atoms with Gasteiger partial charge in [-0.05, 0) is 143 Å². The van der Waals surface area contributed by atoms with Crippen LogP contribution in [0, 0.1) is 43.3 Å². The quantitative estimate of drug-likeness (QED) is 0.145. The van der Waals surface area contributed by atoms with E-state index in [2.05, 4.69) is 225 Å². The Morgan fingerprint density at radius 1 is 0.198 bits per heavy atom. The summed E-state index contributed by atoms with van der Waals surface area (Å²) in [5.74, 6) is 1.84. The number of fused-ring (bicyclic) bond motifs is 24. The molecule has 2 aliphatic rings. The zero-order chi connectivity index (χ0) is 69.1. The molecular weight excluding hydrogens is 1180 g/mol. The van der Waals surface area contributed by atoms with Crippen molar-refractivity contribution in [3.63, 3.8) is 0 Å². The van der Waals surface area contributed by atoms with E-state index in [0.717, 1.165) is 185 Å². The number of aromatic amines is 2. The van der Waals surface area contributed by atoms with E-state index in [0.29, 0.717) is 45.9 Å². The monoisotopic (exact) mass is 1280 g/mol. The zero-order valence-corrected chi connectivity index (χ0v) is 61.5. The van der Waals surface area contributed by atoms with Crippen LogP contribution in [0.4, 0.5) is 0 Å². The van der Waals surface area contributed by atoms with Crippen LogP contribution in [0.25, 0.3) is 134 Å². The van der Waals surface area contributed by atoms with E-state index in [4.69, 9.17) is 69.8 Å². The minimum Gasteiger partial charge on any atom is -0.324 e. The molecule has 0 amide bonds. The molecule has 0 saturated heterocycles. The van der Waals surface area contributed by atoms with Crippen molar-refractivity contribution in [3.05, 3.63) is 94.1 Å². The van der Waals surface area contributed by atoms with E-state index in [1.807, 2.05) is 0 Å². The number of aromatic nitrogens is 16. The summed E-state index contributed by atoms with van der Waals surface area (Å²) in [5, 5.41) is 3.22. The molecular formula is C80H98N16. The molecule has 0 atom stereocenters. The zero-order valence-electron chi connectivity index (χ0n) is 61.5. The average molecular weight is 1280 g/mol. The minimum atomic E-state index is -0.0362. The van der Waals surface area contributed by atoms with Crippen molar-refractivity contribution in [3.8, 4) is 45.6 Å². The van der Waals surface area contributed by atoms with Crippen molar-refractivity contribution in [1.29, 1.82) is 0 Å². The standard InChI is InChI=1S/C80H98N16/c1-73(2,3)33-57-58(34-74(4,5)6)82-50-26-42-41(25-49(50)81-57)65-89-66(42)94-68-45-29-53-54(86-62(38-78(16,17)18)61(85-53)37-77(13,14)15)30-46(45)70(91-68)96-72-48-32-56-55(87-63(39-79(19,20)21)64(88-56)40-80(22,23)24)31-47(48)71(92-72)95-69-44-28-52-51(27-43(44)67(90-69)93-65)83-59(35-75(7,8)9)60(84-52)36-76(10,11)12/h25-32H,33-40H2,1-24H3,(H2,89,90,91,92,93,94,95,96). The van der Waals surface area contributed by atoms with E-state index >= 15 is 0 Å². The van der Waals surface area contributed by atoms with Gasteiger partial charge in [0, 0.05) is 43.8 Å². The van der Waals surface area contributed by atoms with E-state index in [-0.39, 0.29) is 43.3 Å². The molecule has 0 saturated carbocycles. The van der Waals surface area contributed by atoms with Gasteiger partial charge in [-0.3, -0.25) is 0 Å². The van der Waals surface area contributed by atoms with Crippen LogP contribution in [0.5, 0.6) is 0 Å². The van der Waals surface area contributed by atoms with Crippen LogP contribution in [0.2, 0.25) is 0 Å². The van der Waals surface area contributed by atoms with Gasteiger partial charge in [-0.25, -0.2) is 69.8 Å². The van der Waals surface area contributed by atoms with Gasteiger partial charge >= 0.3 is 0 Å². The number of rotatable bonds is 8. The average Bonchev–Trinajstić information content (AvgIpc) is 1.55. The normalized spacial score (nSPS) is 13.8. The second-order valence-corrected chi connectivity index (χ2v) is 37.5. The van der Waals surface area contributed by atoms with E-state index in [1.165, 1.54) is 0 Å². The van der Waals surface area contributed by atoms with Crippen molar-refractivity contribution in [1.82, 2.24) is 79.7 Å². The lowest BCUT2D eigenvalue weighted by atomic mass is 9.85. The maximum atomic E-state index is 5.62. The van der Waals surface area contributed by atoms with Crippen LogP contribution in [0.3, 0.4) is 0 Å². The van der Waals surface area contributed by atoms with Crippen LogP contribution in [-0.2, 0) is 51.4 Å². The molecule has 9 heterocycles. The molecule has 2 aliphatic heterocycles. The molecule has 96 heavy (non-hydrogen) atoms. The van der Waals surface area contributed by atoms with E-state index in [1.54, 1.807) is 0 Å². The fraction of sp³-hybridized carbons (Fsp3) is 0.500. The fourth-order valence-corrected chi connectivity index (χ4v) is 13.4. The van der Waals surface area contributed by atoms with Gasteiger partial charge in [-0.1, -0.05) is 166 Å². The lowest BCUT2D eigenvalue weighted by Crippen LogP contribution is -2.18. The number of benzene rings is 4. The third-order valence-corrected chi connectivity index (χ3v) is 17.2. The van der Waals surface area contributed by atoms with E-state index in [9.17, 15) is 0 Å². The van der Waals surface area contributed by atoms with Crippen LogP contribution in [-0.4, -0.2) is 79.7 Å². The molecule has 2 N–H and O–H groups in total. The van der Waals surface area contributed by atoms with Crippen molar-refractivity contribution in [2.24, 2.45) is 43.3 Å². The van der Waals surface area contributed by atoms with Crippen molar-refractivity contribution in [2.75, 3.05) is 0 Å². The Kier molecular flexibility index (Phi) is 15.6. The lowest BCUT2D eigenvalue weighted by molar-refractivity contribution is 0.384.